The summed E-state index contributed by atoms with van der Waals surface area (Å²) in [5, 5.41) is 23.6. The highest BCUT2D eigenvalue weighted by Crippen LogP contribution is 2.33. The average molecular weight is 502 g/mol. The molecule has 3 aromatic carbocycles. The van der Waals surface area contributed by atoms with Crippen LogP contribution in [0.4, 0.5) is 0 Å². The van der Waals surface area contributed by atoms with Gasteiger partial charge in [0.25, 0.3) is 0 Å². The van der Waals surface area contributed by atoms with E-state index >= 15 is 0 Å². The maximum atomic E-state index is 11.4. The number of aryl methyl sites for hydroxylation is 1. The van der Waals surface area contributed by atoms with Gasteiger partial charge in [-0.25, -0.2) is 4.79 Å². The number of rotatable bonds is 11. The first-order valence-electron chi connectivity index (χ1n) is 13.2. The Morgan fingerprint density at radius 3 is 2.35 bits per heavy atom. The van der Waals surface area contributed by atoms with E-state index in [1.54, 1.807) is 6.07 Å². The average Bonchev–Trinajstić information content (AvgIpc) is 3.27. The number of aliphatic hydroxyl groups excluding tert-OH is 1. The Hall–Kier alpha value is -2.99. The minimum Gasteiger partial charge on any atom is -0.478 e. The summed E-state index contributed by atoms with van der Waals surface area (Å²) in [6.45, 7) is 8.91. The van der Waals surface area contributed by atoms with Gasteiger partial charge in [-0.3, -0.25) is 0 Å². The zero-order valence-corrected chi connectivity index (χ0v) is 22.3. The molecule has 0 spiro atoms. The van der Waals surface area contributed by atoms with Crippen LogP contribution in [0.15, 0.2) is 66.7 Å². The number of nitrogens with one attached hydrogen (secondary N) is 1. The molecule has 0 amide bonds. The highest BCUT2D eigenvalue weighted by Gasteiger charge is 2.28. The van der Waals surface area contributed by atoms with Crippen LogP contribution in [0.1, 0.15) is 65.9 Å². The van der Waals surface area contributed by atoms with Gasteiger partial charge in [-0.05, 0) is 92.3 Å². The third-order valence-corrected chi connectivity index (χ3v) is 7.46. The number of hydrogen-bond donors (Lipinski definition) is 3. The van der Waals surface area contributed by atoms with E-state index in [1.165, 1.54) is 11.1 Å². The molecule has 0 saturated carbocycles. The molecule has 37 heavy (non-hydrogen) atoms. The second-order valence-corrected chi connectivity index (χ2v) is 11.1. The van der Waals surface area contributed by atoms with Gasteiger partial charge in [0, 0.05) is 12.1 Å². The Labute approximate surface area is 220 Å². The van der Waals surface area contributed by atoms with Gasteiger partial charge in [0.15, 0.2) is 0 Å². The predicted molar refractivity (Wildman–Crippen MR) is 148 cm³/mol. The van der Waals surface area contributed by atoms with Crippen molar-refractivity contribution in [2.45, 2.75) is 64.7 Å². The first kappa shape index (κ1) is 27.1. The van der Waals surface area contributed by atoms with E-state index in [0.29, 0.717) is 18.0 Å². The summed E-state index contributed by atoms with van der Waals surface area (Å²) in [5.41, 5.74) is 6.85. The summed E-state index contributed by atoms with van der Waals surface area (Å²) in [5.74, 6) is -0.300. The topological polar surface area (TPSA) is 78.8 Å². The molecule has 3 N–H and O–H groups in total. The number of carboxylic acids is 1. The molecule has 0 aliphatic heterocycles. The number of β-amino-alcohol motifs (C(OH)–C–C–N with tert-alkyl or cyclic N) is 1. The van der Waals surface area contributed by atoms with Crippen molar-refractivity contribution in [2.75, 3.05) is 13.2 Å². The van der Waals surface area contributed by atoms with Gasteiger partial charge in [0.2, 0.25) is 0 Å². The number of benzene rings is 3. The third kappa shape index (κ3) is 6.86. The lowest BCUT2D eigenvalue weighted by Gasteiger charge is -2.31. The van der Waals surface area contributed by atoms with Crippen LogP contribution >= 0.6 is 0 Å². The van der Waals surface area contributed by atoms with Crippen molar-refractivity contribution in [2.24, 2.45) is 5.92 Å². The van der Waals surface area contributed by atoms with Crippen LogP contribution in [0.3, 0.4) is 0 Å². The Kier molecular flexibility index (Phi) is 8.48. The lowest BCUT2D eigenvalue weighted by Crippen LogP contribution is -2.45. The molecular weight excluding hydrogens is 462 g/mol. The Morgan fingerprint density at radius 1 is 1.05 bits per heavy atom. The Balaban J connectivity index is 1.30. The molecular formula is C32H39NO4. The molecule has 5 nitrogen and oxygen atoms in total. The van der Waals surface area contributed by atoms with Crippen molar-refractivity contribution in [3.8, 4) is 11.1 Å². The summed E-state index contributed by atoms with van der Waals surface area (Å²) >= 11 is 0. The van der Waals surface area contributed by atoms with Gasteiger partial charge in [-0.15, -0.1) is 0 Å². The van der Waals surface area contributed by atoms with Gasteiger partial charge in [0.05, 0.1) is 24.4 Å². The molecule has 0 heterocycles. The number of aromatic carboxylic acids is 1. The molecule has 1 aliphatic carbocycles. The van der Waals surface area contributed by atoms with Crippen LogP contribution in [0.5, 0.6) is 0 Å². The Morgan fingerprint density at radius 2 is 1.70 bits per heavy atom. The van der Waals surface area contributed by atoms with E-state index in [9.17, 15) is 15.0 Å². The summed E-state index contributed by atoms with van der Waals surface area (Å²) in [6.07, 6.45) is 2.46. The van der Waals surface area contributed by atoms with E-state index in [0.717, 1.165) is 41.5 Å². The van der Waals surface area contributed by atoms with Crippen molar-refractivity contribution in [1.29, 1.82) is 0 Å². The van der Waals surface area contributed by atoms with Gasteiger partial charge in [-0.2, -0.15) is 0 Å². The van der Waals surface area contributed by atoms with Gasteiger partial charge in [0.1, 0.15) is 0 Å². The highest BCUT2D eigenvalue weighted by atomic mass is 16.5. The van der Waals surface area contributed by atoms with Crippen molar-refractivity contribution >= 4 is 5.97 Å². The molecule has 196 valence electrons. The fourth-order valence-corrected chi connectivity index (χ4v) is 5.57. The van der Waals surface area contributed by atoms with Crippen LogP contribution in [0.25, 0.3) is 11.1 Å². The minimum atomic E-state index is -0.923. The molecule has 0 radical (unpaired) electrons. The van der Waals surface area contributed by atoms with E-state index < -0.39 is 12.1 Å². The molecule has 1 aliphatic rings. The van der Waals surface area contributed by atoms with Crippen molar-refractivity contribution in [3.63, 3.8) is 0 Å². The smallest absolute Gasteiger partial charge is 0.335 e. The van der Waals surface area contributed by atoms with E-state index in [1.807, 2.05) is 50.2 Å². The molecule has 0 bridgehead atoms. The monoisotopic (exact) mass is 501 g/mol. The third-order valence-electron chi connectivity index (χ3n) is 7.46. The SMILES string of the molecule is Cc1cc(-c2ccccc2[C@@H](C)OC[C@@H](O)CNC(C)(C)CC2Cc3ccccc3C2)ccc1C(=O)O. The number of carboxylic acid groups (broad SMARTS) is 1. The van der Waals surface area contributed by atoms with Gasteiger partial charge in [-0.1, -0.05) is 60.7 Å². The van der Waals surface area contributed by atoms with E-state index in [2.05, 4.69) is 43.4 Å². The lowest BCUT2D eigenvalue weighted by molar-refractivity contribution is -0.00440. The second-order valence-electron chi connectivity index (χ2n) is 11.1. The van der Waals surface area contributed by atoms with Crippen LogP contribution in [-0.4, -0.2) is 41.0 Å². The molecule has 0 aromatic heterocycles. The van der Waals surface area contributed by atoms with E-state index in [4.69, 9.17) is 4.74 Å². The number of carbonyl (C=O) groups is 1. The zero-order valence-electron chi connectivity index (χ0n) is 22.3. The number of hydrogen-bond acceptors (Lipinski definition) is 4. The van der Waals surface area contributed by atoms with Gasteiger partial charge < -0.3 is 20.3 Å². The molecule has 0 saturated heterocycles. The maximum absolute atomic E-state index is 11.4. The summed E-state index contributed by atoms with van der Waals surface area (Å²) in [7, 11) is 0. The van der Waals surface area contributed by atoms with Gasteiger partial charge >= 0.3 is 5.97 Å². The molecule has 4 rings (SSSR count). The fourth-order valence-electron chi connectivity index (χ4n) is 5.57. The maximum Gasteiger partial charge on any atom is 0.335 e. The fraction of sp³-hybridized carbons (Fsp3) is 0.406. The molecule has 0 unspecified atom stereocenters. The molecule has 3 aromatic rings. The largest absolute Gasteiger partial charge is 0.478 e. The second kappa shape index (κ2) is 11.6. The quantitative estimate of drug-likeness (QED) is 0.302. The standard InChI is InChI=1S/C32H39NO4/c1-21-15-26(13-14-28(21)31(35)36)30-12-8-7-11-29(30)22(2)37-20-27(34)19-33-32(3,4)18-23-16-24-9-5-6-10-25(24)17-23/h5-15,22-23,27,33-34H,16-20H2,1-4H3,(H,35,36)/t22-,27+/m1/s1. The van der Waals surface area contributed by atoms with Crippen LogP contribution in [0, 0.1) is 12.8 Å². The minimum absolute atomic E-state index is 0.0775. The normalized spacial score (nSPS) is 15.4. The molecule has 2 atom stereocenters. The summed E-state index contributed by atoms with van der Waals surface area (Å²) in [4.78, 5) is 11.4. The lowest BCUT2D eigenvalue weighted by atomic mass is 9.88. The Bertz CT molecular complexity index is 1210. The van der Waals surface area contributed by atoms with Crippen LogP contribution in [0.2, 0.25) is 0 Å². The molecule has 0 fully saturated rings. The molecule has 5 heteroatoms. The van der Waals surface area contributed by atoms with Crippen LogP contribution in [-0.2, 0) is 17.6 Å². The van der Waals surface area contributed by atoms with Crippen molar-refractivity contribution < 1.29 is 19.7 Å². The highest BCUT2D eigenvalue weighted by molar-refractivity contribution is 5.90. The van der Waals surface area contributed by atoms with Crippen LogP contribution < -0.4 is 5.32 Å². The first-order chi connectivity index (χ1) is 17.6. The summed E-state index contributed by atoms with van der Waals surface area (Å²) in [6, 6.07) is 22.1. The number of fused-ring (bicyclic) bond motifs is 1. The zero-order chi connectivity index (χ0) is 26.6. The van der Waals surface area contributed by atoms with Crippen molar-refractivity contribution in [1.82, 2.24) is 5.32 Å². The van der Waals surface area contributed by atoms with E-state index in [-0.39, 0.29) is 18.2 Å². The number of aliphatic hydroxyl groups is 1. The first-order valence-corrected chi connectivity index (χ1v) is 13.2. The predicted octanol–water partition coefficient (Wildman–Crippen LogP) is 5.97. The van der Waals surface area contributed by atoms with Crippen molar-refractivity contribution in [3.05, 3.63) is 94.5 Å². The number of ether oxygens (including phenoxy) is 1. The summed E-state index contributed by atoms with van der Waals surface area (Å²) < 4.78 is 6.10.